The van der Waals surface area contributed by atoms with Crippen molar-refractivity contribution in [2.45, 2.75) is 36.4 Å². The van der Waals surface area contributed by atoms with Crippen molar-refractivity contribution < 1.29 is 36.9 Å². The Kier molecular flexibility index (Phi) is 5.72. The van der Waals surface area contributed by atoms with E-state index in [2.05, 4.69) is 0 Å². The Morgan fingerprint density at radius 2 is 1.43 bits per heavy atom. The predicted molar refractivity (Wildman–Crippen MR) is 125 cm³/mol. The smallest absolute Gasteiger partial charge is 0.410 e. The zero-order valence-corrected chi connectivity index (χ0v) is 19.6. The monoisotopic (exact) mass is 513 g/mol. The summed E-state index contributed by atoms with van der Waals surface area (Å²) in [5, 5.41) is 11.2. The van der Waals surface area contributed by atoms with Crippen LogP contribution in [0, 0.1) is 23.3 Å². The average molecular weight is 513 g/mol. The molecule has 5 nitrogen and oxygen atoms in total. The lowest BCUT2D eigenvalue weighted by atomic mass is 9.76. The third kappa shape index (κ3) is 3.79. The molecule has 2 fully saturated rings. The second-order valence-corrected chi connectivity index (χ2v) is 9.84. The molecule has 2 unspecified atom stereocenters. The standard InChI is InChI=1S/C28H23F4NO4/c29-22-9-23(30)26(32)24(25(22)31)28(35)10-15-12-36-13-16(11-28)33(15)27(34)37-14-21-19-7-3-1-5-17(19)18-6-2-4-8-20(18)21/h1-9,15-16,21,35H,10-14H2. The largest absolute Gasteiger partial charge is 0.448 e. The fourth-order valence-corrected chi connectivity index (χ4v) is 6.13. The van der Waals surface area contributed by atoms with Crippen molar-refractivity contribution in [3.05, 3.63) is 94.6 Å². The maximum atomic E-state index is 14.6. The van der Waals surface area contributed by atoms with Crippen molar-refractivity contribution in [1.82, 2.24) is 4.90 Å². The number of hydrogen-bond donors (Lipinski definition) is 1. The van der Waals surface area contributed by atoms with Gasteiger partial charge in [0, 0.05) is 24.8 Å². The minimum atomic E-state index is -2.23. The Morgan fingerprint density at radius 1 is 0.919 bits per heavy atom. The molecule has 192 valence electrons. The molecule has 3 aromatic rings. The summed E-state index contributed by atoms with van der Waals surface area (Å²) in [6.07, 6.45) is -1.39. The lowest BCUT2D eigenvalue weighted by Crippen LogP contribution is -2.63. The number of aliphatic hydroxyl groups is 1. The molecule has 37 heavy (non-hydrogen) atoms. The summed E-state index contributed by atoms with van der Waals surface area (Å²) in [7, 11) is 0. The number of fused-ring (bicyclic) bond motifs is 5. The van der Waals surface area contributed by atoms with Crippen LogP contribution in [0.25, 0.3) is 11.1 Å². The van der Waals surface area contributed by atoms with Crippen LogP contribution in [0.1, 0.15) is 35.4 Å². The SMILES string of the molecule is O=C(OCC1c2ccccc2-c2ccccc21)N1C2COCC1CC(O)(c1c(F)c(F)cc(F)c1F)C2. The molecule has 3 aliphatic rings. The van der Waals surface area contributed by atoms with E-state index in [-0.39, 0.29) is 44.6 Å². The number of halogens is 4. The van der Waals surface area contributed by atoms with Crippen LogP contribution in [-0.4, -0.2) is 48.0 Å². The fraction of sp³-hybridized carbons (Fsp3) is 0.321. The molecule has 2 saturated heterocycles. The minimum Gasteiger partial charge on any atom is -0.448 e. The Labute approximate surface area is 210 Å². The van der Waals surface area contributed by atoms with Crippen molar-refractivity contribution in [1.29, 1.82) is 0 Å². The number of carbonyl (C=O) groups is 1. The molecule has 0 aromatic heterocycles. The quantitative estimate of drug-likeness (QED) is 0.384. The van der Waals surface area contributed by atoms with E-state index in [1.54, 1.807) is 0 Å². The zero-order valence-electron chi connectivity index (χ0n) is 19.6. The molecule has 2 atom stereocenters. The molecule has 9 heteroatoms. The number of nitrogens with zero attached hydrogens (tertiary/aromatic N) is 1. The first-order valence-electron chi connectivity index (χ1n) is 12.1. The van der Waals surface area contributed by atoms with Gasteiger partial charge in [0.1, 0.15) is 6.61 Å². The van der Waals surface area contributed by atoms with Crippen LogP contribution in [0.15, 0.2) is 54.6 Å². The van der Waals surface area contributed by atoms with Gasteiger partial charge in [0.2, 0.25) is 0 Å². The van der Waals surface area contributed by atoms with Gasteiger partial charge >= 0.3 is 6.09 Å². The van der Waals surface area contributed by atoms with Crippen LogP contribution >= 0.6 is 0 Å². The zero-order chi connectivity index (χ0) is 25.9. The number of rotatable bonds is 3. The highest BCUT2D eigenvalue weighted by Crippen LogP contribution is 2.46. The maximum absolute atomic E-state index is 14.6. The minimum absolute atomic E-state index is 0.0238. The van der Waals surface area contributed by atoms with E-state index in [1.165, 1.54) is 4.90 Å². The first-order chi connectivity index (χ1) is 17.8. The van der Waals surface area contributed by atoms with Crippen LogP contribution in [0.2, 0.25) is 0 Å². The average Bonchev–Trinajstić information content (AvgIpc) is 3.19. The number of carbonyl (C=O) groups excluding carboxylic acids is 1. The number of ether oxygens (including phenoxy) is 2. The number of morpholine rings is 1. The topological polar surface area (TPSA) is 59.0 Å². The van der Waals surface area contributed by atoms with E-state index in [1.807, 2.05) is 48.5 Å². The maximum Gasteiger partial charge on any atom is 0.410 e. The number of hydrogen-bond acceptors (Lipinski definition) is 4. The predicted octanol–water partition coefficient (Wildman–Crippen LogP) is 5.24. The summed E-state index contributed by atoms with van der Waals surface area (Å²) < 4.78 is 68.2. The Balaban J connectivity index is 1.24. The first kappa shape index (κ1) is 23.9. The van der Waals surface area contributed by atoms with Crippen LogP contribution in [0.4, 0.5) is 22.4 Å². The van der Waals surface area contributed by atoms with E-state index in [9.17, 15) is 27.5 Å². The third-order valence-corrected chi connectivity index (χ3v) is 7.68. The summed E-state index contributed by atoms with van der Waals surface area (Å²) in [6, 6.07) is 14.3. The highest BCUT2D eigenvalue weighted by Gasteiger charge is 2.52. The molecule has 0 spiro atoms. The summed E-state index contributed by atoms with van der Waals surface area (Å²) >= 11 is 0. The molecule has 3 aromatic carbocycles. The van der Waals surface area contributed by atoms with Gasteiger partial charge in [-0.3, -0.25) is 4.90 Å². The number of piperidine rings is 1. The third-order valence-electron chi connectivity index (χ3n) is 7.68. The van der Waals surface area contributed by atoms with Crippen molar-refractivity contribution >= 4 is 6.09 Å². The van der Waals surface area contributed by atoms with Crippen molar-refractivity contribution in [2.75, 3.05) is 19.8 Å². The normalized spacial score (nSPS) is 24.5. The van der Waals surface area contributed by atoms with E-state index in [0.29, 0.717) is 0 Å². The summed E-state index contributed by atoms with van der Waals surface area (Å²) in [6.45, 7) is 0.0281. The summed E-state index contributed by atoms with van der Waals surface area (Å²) in [5.74, 6) is -6.64. The molecule has 6 rings (SSSR count). The first-order valence-corrected chi connectivity index (χ1v) is 12.1. The molecule has 0 radical (unpaired) electrons. The van der Waals surface area contributed by atoms with Gasteiger partial charge in [-0.15, -0.1) is 0 Å². The van der Waals surface area contributed by atoms with Crippen LogP contribution in [0.5, 0.6) is 0 Å². The van der Waals surface area contributed by atoms with Crippen molar-refractivity contribution in [3.63, 3.8) is 0 Å². The summed E-state index contributed by atoms with van der Waals surface area (Å²) in [4.78, 5) is 14.7. The molecular formula is C28H23F4NO4. The van der Waals surface area contributed by atoms with Gasteiger partial charge < -0.3 is 14.6 Å². The van der Waals surface area contributed by atoms with Crippen molar-refractivity contribution in [2.24, 2.45) is 0 Å². The summed E-state index contributed by atoms with van der Waals surface area (Å²) in [5.41, 5.74) is 0.974. The Morgan fingerprint density at radius 3 is 1.97 bits per heavy atom. The van der Waals surface area contributed by atoms with E-state index >= 15 is 0 Å². The number of benzene rings is 3. The highest BCUT2D eigenvalue weighted by molar-refractivity contribution is 5.79. The van der Waals surface area contributed by atoms with Gasteiger partial charge in [0.05, 0.1) is 36.5 Å². The van der Waals surface area contributed by atoms with Gasteiger partial charge in [-0.05, 0) is 22.3 Å². The van der Waals surface area contributed by atoms with E-state index in [4.69, 9.17) is 9.47 Å². The Bertz CT molecular complexity index is 1310. The molecule has 1 amide bonds. The van der Waals surface area contributed by atoms with Gasteiger partial charge in [-0.2, -0.15) is 0 Å². The van der Waals surface area contributed by atoms with Crippen LogP contribution in [-0.2, 0) is 15.1 Å². The van der Waals surface area contributed by atoms with Gasteiger partial charge in [-0.25, -0.2) is 22.4 Å². The fourth-order valence-electron chi connectivity index (χ4n) is 6.13. The lowest BCUT2D eigenvalue weighted by molar-refractivity contribution is -0.138. The molecule has 2 heterocycles. The van der Waals surface area contributed by atoms with Crippen LogP contribution < -0.4 is 0 Å². The van der Waals surface area contributed by atoms with Gasteiger partial charge in [-0.1, -0.05) is 48.5 Å². The molecule has 1 aliphatic carbocycles. The van der Waals surface area contributed by atoms with Crippen molar-refractivity contribution in [3.8, 4) is 11.1 Å². The van der Waals surface area contributed by atoms with Crippen LogP contribution in [0.3, 0.4) is 0 Å². The lowest BCUT2D eigenvalue weighted by Gasteiger charge is -2.51. The van der Waals surface area contributed by atoms with E-state index < -0.39 is 52.6 Å². The van der Waals surface area contributed by atoms with Gasteiger partial charge in [0.15, 0.2) is 23.3 Å². The van der Waals surface area contributed by atoms with Gasteiger partial charge in [0.25, 0.3) is 0 Å². The number of amides is 1. The molecule has 1 N–H and O–H groups in total. The second kappa shape index (κ2) is 8.85. The molecular weight excluding hydrogens is 490 g/mol. The molecule has 2 bridgehead atoms. The highest BCUT2D eigenvalue weighted by atomic mass is 19.2. The molecule has 0 saturated carbocycles. The second-order valence-electron chi connectivity index (χ2n) is 9.84. The molecule has 2 aliphatic heterocycles. The Hall–Kier alpha value is -3.43. The van der Waals surface area contributed by atoms with E-state index in [0.717, 1.165) is 22.3 Å².